The molecule has 0 aliphatic carbocycles. The molecule has 3 aromatic rings. The Morgan fingerprint density at radius 1 is 1.05 bits per heavy atom. The van der Waals surface area contributed by atoms with E-state index in [-0.39, 0.29) is 11.5 Å². The van der Waals surface area contributed by atoms with E-state index in [2.05, 4.69) is 6.07 Å². The van der Waals surface area contributed by atoms with Crippen LogP contribution in [-0.4, -0.2) is 5.78 Å². The third-order valence-corrected chi connectivity index (χ3v) is 3.29. The van der Waals surface area contributed by atoms with Gasteiger partial charge in [0.05, 0.1) is 12.3 Å². The SMILES string of the molecule is N#CC(C(=O)c1ccco1)c1cccc2ccccc12. The molecule has 0 bridgehead atoms. The molecule has 0 saturated heterocycles. The first-order valence-corrected chi connectivity index (χ1v) is 6.26. The van der Waals surface area contributed by atoms with Crippen molar-refractivity contribution in [1.82, 2.24) is 0 Å². The number of carbonyl (C=O) groups is 1. The minimum Gasteiger partial charge on any atom is -0.461 e. The quantitative estimate of drug-likeness (QED) is 0.671. The number of rotatable bonds is 3. The maximum atomic E-state index is 12.4. The molecule has 0 saturated carbocycles. The van der Waals surface area contributed by atoms with Gasteiger partial charge in [-0.25, -0.2) is 0 Å². The summed E-state index contributed by atoms with van der Waals surface area (Å²) in [4.78, 5) is 12.4. The van der Waals surface area contributed by atoms with Gasteiger partial charge in [-0.3, -0.25) is 4.79 Å². The first-order valence-electron chi connectivity index (χ1n) is 6.26. The Morgan fingerprint density at radius 3 is 2.60 bits per heavy atom. The van der Waals surface area contributed by atoms with Gasteiger partial charge < -0.3 is 4.42 Å². The maximum absolute atomic E-state index is 12.4. The lowest BCUT2D eigenvalue weighted by molar-refractivity contribution is 0.0952. The van der Waals surface area contributed by atoms with Crippen LogP contribution in [-0.2, 0) is 0 Å². The van der Waals surface area contributed by atoms with E-state index in [1.165, 1.54) is 6.26 Å². The zero-order valence-corrected chi connectivity index (χ0v) is 10.6. The van der Waals surface area contributed by atoms with Crippen LogP contribution in [0.1, 0.15) is 22.0 Å². The summed E-state index contributed by atoms with van der Waals surface area (Å²) in [5, 5.41) is 11.3. The third kappa shape index (κ3) is 1.98. The number of hydrogen-bond acceptors (Lipinski definition) is 3. The van der Waals surface area contributed by atoms with E-state index in [0.717, 1.165) is 10.8 Å². The van der Waals surface area contributed by atoms with Gasteiger partial charge in [0.2, 0.25) is 5.78 Å². The summed E-state index contributed by atoms with van der Waals surface area (Å²) in [6, 6.07) is 18.7. The Hall–Kier alpha value is -2.86. The third-order valence-electron chi connectivity index (χ3n) is 3.29. The minimum absolute atomic E-state index is 0.212. The zero-order chi connectivity index (χ0) is 13.9. The first-order chi connectivity index (χ1) is 9.81. The van der Waals surface area contributed by atoms with Crippen LogP contribution >= 0.6 is 0 Å². The van der Waals surface area contributed by atoms with Crippen molar-refractivity contribution in [1.29, 1.82) is 5.26 Å². The molecule has 3 heteroatoms. The van der Waals surface area contributed by atoms with Gasteiger partial charge in [-0.15, -0.1) is 0 Å². The summed E-state index contributed by atoms with van der Waals surface area (Å²) in [5.74, 6) is -0.953. The number of nitrogens with zero attached hydrogens (tertiary/aromatic N) is 1. The number of ketones is 1. The molecule has 0 fully saturated rings. The number of fused-ring (bicyclic) bond motifs is 1. The van der Waals surface area contributed by atoms with Crippen molar-refractivity contribution < 1.29 is 9.21 Å². The normalized spacial score (nSPS) is 11.9. The van der Waals surface area contributed by atoms with Crippen LogP contribution < -0.4 is 0 Å². The van der Waals surface area contributed by atoms with Crippen LogP contribution in [0.3, 0.4) is 0 Å². The van der Waals surface area contributed by atoms with Gasteiger partial charge in [-0.1, -0.05) is 42.5 Å². The molecule has 0 amide bonds. The highest BCUT2D eigenvalue weighted by Gasteiger charge is 2.25. The van der Waals surface area contributed by atoms with Crippen molar-refractivity contribution in [2.45, 2.75) is 5.92 Å². The fraction of sp³-hybridized carbons (Fsp3) is 0.0588. The summed E-state index contributed by atoms with van der Waals surface area (Å²) in [7, 11) is 0. The monoisotopic (exact) mass is 261 g/mol. The van der Waals surface area contributed by atoms with Gasteiger partial charge in [0.25, 0.3) is 0 Å². The molecule has 1 heterocycles. The van der Waals surface area contributed by atoms with Crippen LogP contribution in [0, 0.1) is 11.3 Å². The van der Waals surface area contributed by atoms with E-state index in [9.17, 15) is 10.1 Å². The topological polar surface area (TPSA) is 54.0 Å². The van der Waals surface area contributed by atoms with Crippen molar-refractivity contribution in [2.24, 2.45) is 0 Å². The van der Waals surface area contributed by atoms with Crippen molar-refractivity contribution in [3.63, 3.8) is 0 Å². The zero-order valence-electron chi connectivity index (χ0n) is 10.6. The molecule has 96 valence electrons. The molecule has 0 aliphatic heterocycles. The number of carbonyl (C=O) groups excluding carboxylic acids is 1. The highest BCUT2D eigenvalue weighted by molar-refractivity contribution is 6.03. The molecular weight excluding hydrogens is 250 g/mol. The Kier molecular flexibility index (Phi) is 3.06. The molecule has 0 spiro atoms. The minimum atomic E-state index is -0.854. The van der Waals surface area contributed by atoms with E-state index < -0.39 is 5.92 Å². The second kappa shape index (κ2) is 5.02. The highest BCUT2D eigenvalue weighted by atomic mass is 16.3. The van der Waals surface area contributed by atoms with Gasteiger partial charge in [0.15, 0.2) is 5.76 Å². The van der Waals surface area contributed by atoms with Crippen LogP contribution in [0.25, 0.3) is 10.8 Å². The second-order valence-corrected chi connectivity index (χ2v) is 4.47. The number of Topliss-reactive ketones (excluding diaryl/α,β-unsaturated/α-hetero) is 1. The maximum Gasteiger partial charge on any atom is 0.219 e. The highest BCUT2D eigenvalue weighted by Crippen LogP contribution is 2.28. The largest absolute Gasteiger partial charge is 0.461 e. The summed E-state index contributed by atoms with van der Waals surface area (Å²) < 4.78 is 5.11. The van der Waals surface area contributed by atoms with Crippen molar-refractivity contribution >= 4 is 16.6 Å². The fourth-order valence-corrected chi connectivity index (χ4v) is 2.33. The van der Waals surface area contributed by atoms with Crippen LogP contribution in [0.5, 0.6) is 0 Å². The Balaban J connectivity index is 2.13. The van der Waals surface area contributed by atoms with Crippen LogP contribution in [0.15, 0.2) is 65.3 Å². The first kappa shape index (κ1) is 12.2. The fourth-order valence-electron chi connectivity index (χ4n) is 2.33. The van der Waals surface area contributed by atoms with Crippen LogP contribution in [0.2, 0.25) is 0 Å². The van der Waals surface area contributed by atoms with Crippen LogP contribution in [0.4, 0.5) is 0 Å². The van der Waals surface area contributed by atoms with Gasteiger partial charge in [0.1, 0.15) is 5.92 Å². The standard InChI is InChI=1S/C17H11NO2/c18-11-15(17(19)16-9-4-10-20-16)14-8-3-6-12-5-1-2-7-13(12)14/h1-10,15H. The average Bonchev–Trinajstić information content (AvgIpc) is 3.02. The molecule has 2 aromatic carbocycles. The molecule has 1 aromatic heterocycles. The van der Waals surface area contributed by atoms with E-state index in [1.807, 2.05) is 42.5 Å². The smallest absolute Gasteiger partial charge is 0.219 e. The van der Waals surface area contributed by atoms with Crippen molar-refractivity contribution in [3.8, 4) is 6.07 Å². The van der Waals surface area contributed by atoms with E-state index in [1.54, 1.807) is 12.1 Å². The molecule has 1 atom stereocenters. The summed E-state index contributed by atoms with van der Waals surface area (Å²) in [6.07, 6.45) is 1.44. The lowest BCUT2D eigenvalue weighted by atomic mass is 9.90. The number of nitriles is 1. The lowest BCUT2D eigenvalue weighted by Gasteiger charge is -2.10. The predicted molar refractivity (Wildman–Crippen MR) is 75.3 cm³/mol. The van der Waals surface area contributed by atoms with Gasteiger partial charge in [-0.2, -0.15) is 5.26 Å². The average molecular weight is 261 g/mol. The summed E-state index contributed by atoms with van der Waals surface area (Å²) in [6.45, 7) is 0. The van der Waals surface area contributed by atoms with E-state index >= 15 is 0 Å². The second-order valence-electron chi connectivity index (χ2n) is 4.47. The predicted octanol–water partition coefficient (Wildman–Crippen LogP) is 3.92. The summed E-state index contributed by atoms with van der Waals surface area (Å²) in [5.41, 5.74) is 0.715. The van der Waals surface area contributed by atoms with Gasteiger partial charge in [-0.05, 0) is 28.5 Å². The Morgan fingerprint density at radius 2 is 1.85 bits per heavy atom. The van der Waals surface area contributed by atoms with E-state index in [0.29, 0.717) is 5.56 Å². The van der Waals surface area contributed by atoms with E-state index in [4.69, 9.17) is 4.42 Å². The number of furan rings is 1. The molecule has 3 nitrogen and oxygen atoms in total. The molecule has 0 aliphatic rings. The molecule has 0 radical (unpaired) electrons. The molecule has 0 N–H and O–H groups in total. The number of benzene rings is 2. The molecule has 3 rings (SSSR count). The Bertz CT molecular complexity index is 792. The molecular formula is C17H11NO2. The van der Waals surface area contributed by atoms with Crippen molar-refractivity contribution in [3.05, 3.63) is 72.2 Å². The Labute approximate surface area is 116 Å². The molecule has 20 heavy (non-hydrogen) atoms. The van der Waals surface area contributed by atoms with Gasteiger partial charge in [0, 0.05) is 0 Å². The molecule has 1 unspecified atom stereocenters. The number of hydrogen-bond donors (Lipinski definition) is 0. The van der Waals surface area contributed by atoms with Gasteiger partial charge >= 0.3 is 0 Å². The van der Waals surface area contributed by atoms with Crippen molar-refractivity contribution in [2.75, 3.05) is 0 Å². The summed E-state index contributed by atoms with van der Waals surface area (Å²) >= 11 is 0. The lowest BCUT2D eigenvalue weighted by Crippen LogP contribution is -2.10.